The fraction of sp³-hybridized carbons (Fsp3) is 0.378. The summed E-state index contributed by atoms with van der Waals surface area (Å²) in [5.41, 5.74) is -0.709. The van der Waals surface area contributed by atoms with Gasteiger partial charge in [-0.2, -0.15) is 4.31 Å². The van der Waals surface area contributed by atoms with Gasteiger partial charge in [0.15, 0.2) is 28.0 Å². The molecule has 2 N–H and O–H groups in total. The lowest BCUT2D eigenvalue weighted by Gasteiger charge is -2.40. The van der Waals surface area contributed by atoms with Crippen molar-refractivity contribution in [2.45, 2.75) is 81.8 Å². The fourth-order valence-corrected chi connectivity index (χ4v) is 9.77. The van der Waals surface area contributed by atoms with Gasteiger partial charge in [0.25, 0.3) is 5.91 Å². The standard InChI is InChI=1S/C37H39N3O12S3/c1-22-14-15-37(36(4,47)33(44)54-21-29-24(3)50-35(46)52-29)17-30(42)40(55(37)48)23(2)32-39-26(20-53-32)12-8-9-13-27(41)28(16-22)51-31(43)18-38-34(45)49-19-25-10-6-5-7-11-25/h5-13,16,20,23,28,47H,14-15,17-19,21H2,1-4H3,(H,38,45)/b12-8+,13-9+,22-16+/t23-,28-,36+,37-,55?/m1/s1. The first-order chi connectivity index (χ1) is 26.1. The van der Waals surface area contributed by atoms with Crippen molar-refractivity contribution in [3.8, 4) is 0 Å². The van der Waals surface area contributed by atoms with Crippen LogP contribution < -0.4 is 11.1 Å². The Kier molecular flexibility index (Phi) is 13.4. The number of allylic oxidation sites excluding steroid dienone is 3. The lowest BCUT2D eigenvalue weighted by atomic mass is 9.81. The smallest absolute Gasteiger partial charge is 0.519 e. The van der Waals surface area contributed by atoms with Crippen molar-refractivity contribution in [2.24, 2.45) is 0 Å². The normalized spacial score (nSPS) is 24.9. The molecule has 5 atom stereocenters. The maximum Gasteiger partial charge on any atom is 0.519 e. The second kappa shape index (κ2) is 17.8. The molecule has 4 heterocycles. The second-order valence-electron chi connectivity index (χ2n) is 13.0. The maximum absolute atomic E-state index is 14.6. The quantitative estimate of drug-likeness (QED) is 0.171. The van der Waals surface area contributed by atoms with Crippen LogP contribution in [-0.4, -0.2) is 70.8 Å². The number of ether oxygens (including phenoxy) is 2. The van der Waals surface area contributed by atoms with Crippen molar-refractivity contribution in [3.05, 3.63) is 104 Å². The van der Waals surface area contributed by atoms with Crippen LogP contribution in [0.5, 0.6) is 0 Å². The highest BCUT2D eigenvalue weighted by Gasteiger charge is 2.69. The van der Waals surface area contributed by atoms with Gasteiger partial charge >= 0.3 is 17.9 Å². The number of benzene rings is 1. The number of thioether (sulfide) groups is 1. The average molecular weight is 814 g/mol. The number of rotatable bonds is 9. The molecule has 55 heavy (non-hydrogen) atoms. The molecular formula is C37H39N3O12S3. The number of amides is 2. The number of nitrogens with zero attached hydrogens (tertiary/aromatic N) is 2. The number of aromatic nitrogens is 1. The van der Waals surface area contributed by atoms with Gasteiger partial charge < -0.3 is 33.3 Å². The molecule has 4 bridgehead atoms. The molecule has 2 aromatic heterocycles. The topological polar surface area (TPSA) is 219 Å². The summed E-state index contributed by atoms with van der Waals surface area (Å²) in [5.74, 6) is -3.04. The van der Waals surface area contributed by atoms with Crippen LogP contribution in [0.2, 0.25) is 0 Å². The van der Waals surface area contributed by atoms with Crippen LogP contribution in [0, 0.1) is 6.92 Å². The number of fused-ring (bicyclic) bond motifs is 4. The molecule has 0 radical (unpaired) electrons. The summed E-state index contributed by atoms with van der Waals surface area (Å²) >= 11 is -0.467. The van der Waals surface area contributed by atoms with Gasteiger partial charge in [0.1, 0.15) is 30.0 Å². The SMILES string of the molecule is C/C1=C\[C@@H](OC(=O)CNC(=O)OCc2ccccc2)C(=O)/C=C/C=C/c2csc(n2)[C@@H](C)N2C(=O)C[C@@]([C@@](C)(O)C(=O)SCc3oc(=O)oc3C)(CC1)[S+]2[O-]. The summed E-state index contributed by atoms with van der Waals surface area (Å²) in [4.78, 5) is 82.1. The molecule has 0 spiro atoms. The Bertz CT molecular complexity index is 2070. The van der Waals surface area contributed by atoms with Crippen molar-refractivity contribution < 1.29 is 51.9 Å². The summed E-state index contributed by atoms with van der Waals surface area (Å²) in [6, 6.07) is 8.12. The van der Waals surface area contributed by atoms with Crippen LogP contribution in [0.25, 0.3) is 6.08 Å². The zero-order chi connectivity index (χ0) is 39.9. The number of esters is 1. The van der Waals surface area contributed by atoms with Crippen molar-refractivity contribution in [1.82, 2.24) is 14.6 Å². The van der Waals surface area contributed by atoms with Gasteiger partial charge in [0.05, 0.1) is 29.2 Å². The highest BCUT2D eigenvalue weighted by atomic mass is 32.2. The van der Waals surface area contributed by atoms with Gasteiger partial charge in [-0.05, 0) is 57.9 Å². The van der Waals surface area contributed by atoms with E-state index in [1.165, 1.54) is 43.4 Å². The third-order valence-electron chi connectivity index (χ3n) is 9.03. The van der Waals surface area contributed by atoms with E-state index in [1.54, 1.807) is 55.6 Å². The van der Waals surface area contributed by atoms with Crippen LogP contribution in [0.1, 0.15) is 73.9 Å². The average Bonchev–Trinajstić information content (AvgIpc) is 3.83. The van der Waals surface area contributed by atoms with Gasteiger partial charge in [-0.1, -0.05) is 59.8 Å². The van der Waals surface area contributed by atoms with Crippen molar-refractivity contribution in [3.63, 3.8) is 0 Å². The summed E-state index contributed by atoms with van der Waals surface area (Å²) in [7, 11) is 0. The van der Waals surface area contributed by atoms with Gasteiger partial charge in [0.2, 0.25) is 5.12 Å². The summed E-state index contributed by atoms with van der Waals surface area (Å²) in [6.45, 7) is 5.31. The number of alkyl carbamates (subject to hydrolysis) is 1. The van der Waals surface area contributed by atoms with Gasteiger partial charge in [-0.15, -0.1) is 11.3 Å². The Labute approximate surface area is 327 Å². The van der Waals surface area contributed by atoms with E-state index in [4.69, 9.17) is 18.3 Å². The molecule has 18 heteroatoms. The number of hydrogen-bond acceptors (Lipinski definition) is 15. The number of thiazole rings is 1. The Balaban J connectivity index is 1.40. The number of hydrogen-bond donors (Lipinski definition) is 2. The zero-order valence-corrected chi connectivity index (χ0v) is 32.8. The minimum Gasteiger partial charge on any atom is -0.592 e. The number of carbonyl (C=O) groups is 5. The summed E-state index contributed by atoms with van der Waals surface area (Å²) in [6.07, 6.45) is 4.20. The molecule has 2 aliphatic rings. The first kappa shape index (κ1) is 41.4. The predicted octanol–water partition coefficient (Wildman–Crippen LogP) is 4.62. The number of ketones is 1. The Morgan fingerprint density at radius 2 is 1.89 bits per heavy atom. The van der Waals surface area contributed by atoms with E-state index in [0.717, 1.165) is 9.87 Å². The molecule has 5 rings (SSSR count). The molecule has 2 amide bonds. The van der Waals surface area contributed by atoms with E-state index in [2.05, 4.69) is 10.3 Å². The molecule has 1 aromatic carbocycles. The van der Waals surface area contributed by atoms with Gasteiger partial charge in [-0.3, -0.25) is 19.2 Å². The molecule has 1 fully saturated rings. The van der Waals surface area contributed by atoms with Crippen LogP contribution in [0.15, 0.2) is 79.2 Å². The number of aliphatic hydroxyl groups is 1. The first-order valence-corrected chi connectivity index (χ1v) is 20.0. The second-order valence-corrected chi connectivity index (χ2v) is 16.5. The van der Waals surface area contributed by atoms with Gasteiger partial charge in [-0.25, -0.2) is 14.6 Å². The van der Waals surface area contributed by atoms with Crippen molar-refractivity contribution >= 4 is 69.4 Å². The van der Waals surface area contributed by atoms with Crippen LogP contribution in [0.3, 0.4) is 0 Å². The first-order valence-electron chi connectivity index (χ1n) is 17.0. The highest BCUT2D eigenvalue weighted by Crippen LogP contribution is 2.50. The molecule has 0 saturated carbocycles. The largest absolute Gasteiger partial charge is 0.592 e. The number of nitrogens with one attached hydrogen (secondary N) is 1. The Hall–Kier alpha value is -4.75. The Morgan fingerprint density at radius 3 is 2.60 bits per heavy atom. The minimum atomic E-state index is -2.38. The van der Waals surface area contributed by atoms with Crippen molar-refractivity contribution in [1.29, 1.82) is 0 Å². The third kappa shape index (κ3) is 9.74. The van der Waals surface area contributed by atoms with Gasteiger partial charge in [0, 0.05) is 11.8 Å². The van der Waals surface area contributed by atoms with Crippen LogP contribution in [0.4, 0.5) is 4.79 Å². The predicted molar refractivity (Wildman–Crippen MR) is 202 cm³/mol. The molecule has 1 unspecified atom stereocenters. The lowest BCUT2D eigenvalue weighted by molar-refractivity contribution is -0.150. The fourth-order valence-electron chi connectivity index (χ4n) is 5.84. The van der Waals surface area contributed by atoms with Crippen LogP contribution >= 0.6 is 23.1 Å². The molecule has 0 aliphatic carbocycles. The number of aryl methyl sites for hydroxylation is 1. The van der Waals surface area contributed by atoms with E-state index in [9.17, 15) is 38.4 Å². The molecule has 15 nitrogen and oxygen atoms in total. The number of carbonyl (C=O) groups excluding carboxylic acids is 5. The molecular weight excluding hydrogens is 775 g/mol. The van der Waals surface area contributed by atoms with E-state index >= 15 is 0 Å². The highest BCUT2D eigenvalue weighted by molar-refractivity contribution is 8.13. The summed E-state index contributed by atoms with van der Waals surface area (Å²) < 4.78 is 34.3. The molecule has 1 saturated heterocycles. The van der Waals surface area contributed by atoms with E-state index in [-0.39, 0.29) is 36.7 Å². The Morgan fingerprint density at radius 1 is 1.16 bits per heavy atom. The van der Waals surface area contributed by atoms with Crippen LogP contribution in [-0.2, 0) is 52.4 Å². The van der Waals surface area contributed by atoms with E-state index in [1.807, 2.05) is 6.07 Å². The summed E-state index contributed by atoms with van der Waals surface area (Å²) in [5, 5.41) is 15.7. The third-order valence-corrected chi connectivity index (χ3v) is 13.4. The molecule has 2 aliphatic heterocycles. The monoisotopic (exact) mass is 813 g/mol. The van der Waals surface area contributed by atoms with E-state index < -0.39 is 81.5 Å². The van der Waals surface area contributed by atoms with Crippen molar-refractivity contribution in [2.75, 3.05) is 6.54 Å². The zero-order valence-electron chi connectivity index (χ0n) is 30.3. The molecule has 292 valence electrons. The van der Waals surface area contributed by atoms with E-state index in [0.29, 0.717) is 28.0 Å². The molecule has 3 aromatic rings. The minimum absolute atomic E-state index is 0.00145. The maximum atomic E-state index is 14.6. The lowest BCUT2D eigenvalue weighted by Crippen LogP contribution is -2.60.